The minimum absolute atomic E-state index is 0.186. The molecule has 1 rings (SSSR count). The van der Waals surface area contributed by atoms with E-state index in [9.17, 15) is 0 Å². The normalized spacial score (nSPS) is 12.8. The first kappa shape index (κ1) is 12.8. The van der Waals surface area contributed by atoms with Crippen LogP contribution in [0.2, 0.25) is 10.0 Å². The highest BCUT2D eigenvalue weighted by Crippen LogP contribution is 2.20. The van der Waals surface area contributed by atoms with Crippen molar-refractivity contribution in [2.24, 2.45) is 5.73 Å². The van der Waals surface area contributed by atoms with Crippen molar-refractivity contribution in [1.82, 2.24) is 5.32 Å². The van der Waals surface area contributed by atoms with Crippen LogP contribution in [0.1, 0.15) is 12.5 Å². The van der Waals surface area contributed by atoms with Crippen molar-refractivity contribution in [2.45, 2.75) is 19.4 Å². The Bertz CT molecular complexity index is 313. The highest BCUT2D eigenvalue weighted by molar-refractivity contribution is 6.35. The maximum absolute atomic E-state index is 6.03. The molecule has 3 N–H and O–H groups in total. The van der Waals surface area contributed by atoms with Gasteiger partial charge in [0.05, 0.1) is 0 Å². The lowest BCUT2D eigenvalue weighted by Crippen LogP contribution is -2.32. The van der Waals surface area contributed by atoms with Gasteiger partial charge in [-0.25, -0.2) is 0 Å². The molecule has 1 unspecified atom stereocenters. The number of nitrogens with two attached hydrogens (primary N) is 1. The zero-order valence-corrected chi connectivity index (χ0v) is 10.3. The van der Waals surface area contributed by atoms with Gasteiger partial charge in [-0.3, -0.25) is 0 Å². The summed E-state index contributed by atoms with van der Waals surface area (Å²) in [6, 6.07) is 5.77. The zero-order chi connectivity index (χ0) is 11.3. The van der Waals surface area contributed by atoms with Crippen molar-refractivity contribution in [3.05, 3.63) is 33.8 Å². The molecule has 0 saturated heterocycles. The van der Waals surface area contributed by atoms with Crippen molar-refractivity contribution in [2.75, 3.05) is 13.1 Å². The monoisotopic (exact) mass is 246 g/mol. The largest absolute Gasteiger partial charge is 0.327 e. The molecule has 15 heavy (non-hydrogen) atoms. The number of benzene rings is 1. The van der Waals surface area contributed by atoms with Crippen molar-refractivity contribution >= 4 is 23.2 Å². The summed E-state index contributed by atoms with van der Waals surface area (Å²) in [6.45, 7) is 3.68. The molecule has 0 aliphatic heterocycles. The maximum atomic E-state index is 6.03. The van der Waals surface area contributed by atoms with Gasteiger partial charge in [0, 0.05) is 22.6 Å². The molecule has 0 amide bonds. The first-order valence-corrected chi connectivity index (χ1v) is 5.75. The van der Waals surface area contributed by atoms with Crippen LogP contribution in [0.5, 0.6) is 0 Å². The lowest BCUT2D eigenvalue weighted by Gasteiger charge is -2.08. The van der Waals surface area contributed by atoms with E-state index in [0.29, 0.717) is 5.02 Å². The van der Waals surface area contributed by atoms with E-state index >= 15 is 0 Å². The molecule has 0 aliphatic rings. The summed E-state index contributed by atoms with van der Waals surface area (Å²) >= 11 is 11.8. The molecule has 0 saturated carbocycles. The Morgan fingerprint density at radius 2 is 2.13 bits per heavy atom. The summed E-state index contributed by atoms with van der Waals surface area (Å²) in [5, 5.41) is 4.66. The Morgan fingerprint density at radius 1 is 1.40 bits per heavy atom. The Kier molecular flexibility index (Phi) is 5.40. The molecule has 4 heteroatoms. The van der Waals surface area contributed by atoms with Crippen molar-refractivity contribution in [3.63, 3.8) is 0 Å². The summed E-state index contributed by atoms with van der Waals surface area (Å²) in [5.41, 5.74) is 6.73. The van der Waals surface area contributed by atoms with Gasteiger partial charge in [0.25, 0.3) is 0 Å². The van der Waals surface area contributed by atoms with Gasteiger partial charge in [-0.05, 0) is 37.6 Å². The van der Waals surface area contributed by atoms with E-state index in [2.05, 4.69) is 5.32 Å². The summed E-state index contributed by atoms with van der Waals surface area (Å²) in [6.07, 6.45) is 0.892. The van der Waals surface area contributed by atoms with E-state index in [1.54, 1.807) is 6.07 Å². The fourth-order valence-electron chi connectivity index (χ4n) is 1.28. The quantitative estimate of drug-likeness (QED) is 0.784. The van der Waals surface area contributed by atoms with Crippen LogP contribution < -0.4 is 11.1 Å². The molecule has 0 bridgehead atoms. The average molecular weight is 247 g/mol. The molecule has 0 aromatic heterocycles. The van der Waals surface area contributed by atoms with Gasteiger partial charge in [-0.2, -0.15) is 0 Å². The lowest BCUT2D eigenvalue weighted by atomic mass is 10.1. The highest BCUT2D eigenvalue weighted by atomic mass is 35.5. The van der Waals surface area contributed by atoms with Crippen molar-refractivity contribution in [1.29, 1.82) is 0 Å². The summed E-state index contributed by atoms with van der Waals surface area (Å²) in [5.74, 6) is 0. The molecule has 0 aliphatic carbocycles. The standard InChI is InChI=1S/C11H16Cl2N2/c1-8(14)7-15-5-4-9-2-3-10(12)6-11(9)13/h2-3,6,8,15H,4-5,7,14H2,1H3. The van der Waals surface area contributed by atoms with Crippen molar-refractivity contribution in [3.8, 4) is 0 Å². The Hall–Kier alpha value is -0.280. The Labute approximate surface area is 101 Å². The van der Waals surface area contributed by atoms with E-state index in [4.69, 9.17) is 28.9 Å². The molecule has 0 spiro atoms. The second-order valence-electron chi connectivity index (χ2n) is 3.67. The Balaban J connectivity index is 2.37. The molecular weight excluding hydrogens is 231 g/mol. The minimum Gasteiger partial charge on any atom is -0.327 e. The summed E-state index contributed by atoms with van der Waals surface area (Å²) in [4.78, 5) is 0. The second kappa shape index (κ2) is 6.33. The number of nitrogens with one attached hydrogen (secondary N) is 1. The van der Waals surface area contributed by atoms with E-state index < -0.39 is 0 Å². The number of hydrogen-bond acceptors (Lipinski definition) is 2. The predicted octanol–water partition coefficient (Wildman–Crippen LogP) is 2.47. The molecule has 0 radical (unpaired) electrons. The number of hydrogen-bond donors (Lipinski definition) is 2. The number of rotatable bonds is 5. The van der Waals surface area contributed by atoms with Gasteiger partial charge in [-0.15, -0.1) is 0 Å². The average Bonchev–Trinajstić information content (AvgIpc) is 2.14. The number of halogens is 2. The molecule has 1 aromatic rings. The smallest absolute Gasteiger partial charge is 0.0453 e. The van der Waals surface area contributed by atoms with Gasteiger partial charge in [-0.1, -0.05) is 29.3 Å². The minimum atomic E-state index is 0.186. The van der Waals surface area contributed by atoms with Gasteiger partial charge in [0.2, 0.25) is 0 Å². The Morgan fingerprint density at radius 3 is 2.73 bits per heavy atom. The molecule has 0 fully saturated rings. The third-order valence-corrected chi connectivity index (χ3v) is 2.64. The van der Waals surface area contributed by atoms with Crippen LogP contribution in [-0.4, -0.2) is 19.1 Å². The third kappa shape index (κ3) is 4.85. The first-order chi connectivity index (χ1) is 7.09. The summed E-state index contributed by atoms with van der Waals surface area (Å²) < 4.78 is 0. The fraction of sp³-hybridized carbons (Fsp3) is 0.455. The van der Waals surface area contributed by atoms with Crippen LogP contribution >= 0.6 is 23.2 Å². The van der Waals surface area contributed by atoms with Crippen molar-refractivity contribution < 1.29 is 0 Å². The van der Waals surface area contributed by atoms with Crippen LogP contribution in [-0.2, 0) is 6.42 Å². The molecular formula is C11H16Cl2N2. The van der Waals surface area contributed by atoms with Gasteiger partial charge >= 0.3 is 0 Å². The zero-order valence-electron chi connectivity index (χ0n) is 8.76. The predicted molar refractivity (Wildman–Crippen MR) is 66.7 cm³/mol. The maximum Gasteiger partial charge on any atom is 0.0453 e. The van der Waals surface area contributed by atoms with Crippen LogP contribution in [0.15, 0.2) is 18.2 Å². The SMILES string of the molecule is CC(N)CNCCc1ccc(Cl)cc1Cl. The van der Waals surface area contributed by atoms with E-state index in [-0.39, 0.29) is 6.04 Å². The fourth-order valence-corrected chi connectivity index (χ4v) is 1.78. The molecule has 1 aromatic carbocycles. The van der Waals surface area contributed by atoms with Crippen LogP contribution in [0, 0.1) is 0 Å². The van der Waals surface area contributed by atoms with Crippen LogP contribution in [0.4, 0.5) is 0 Å². The van der Waals surface area contributed by atoms with Gasteiger partial charge < -0.3 is 11.1 Å². The molecule has 0 heterocycles. The second-order valence-corrected chi connectivity index (χ2v) is 4.51. The lowest BCUT2D eigenvalue weighted by molar-refractivity contribution is 0.609. The molecule has 84 valence electrons. The van der Waals surface area contributed by atoms with Crippen LogP contribution in [0.3, 0.4) is 0 Å². The third-order valence-electron chi connectivity index (χ3n) is 2.05. The molecule has 2 nitrogen and oxygen atoms in total. The topological polar surface area (TPSA) is 38.0 Å². The van der Waals surface area contributed by atoms with Crippen LogP contribution in [0.25, 0.3) is 0 Å². The van der Waals surface area contributed by atoms with E-state index in [1.165, 1.54) is 0 Å². The van der Waals surface area contributed by atoms with Gasteiger partial charge in [0.15, 0.2) is 0 Å². The van der Waals surface area contributed by atoms with Gasteiger partial charge in [0.1, 0.15) is 0 Å². The first-order valence-electron chi connectivity index (χ1n) is 5.00. The van der Waals surface area contributed by atoms with E-state index in [1.807, 2.05) is 19.1 Å². The van der Waals surface area contributed by atoms with E-state index in [0.717, 1.165) is 30.1 Å². The summed E-state index contributed by atoms with van der Waals surface area (Å²) in [7, 11) is 0. The highest BCUT2D eigenvalue weighted by Gasteiger charge is 2.01. The molecule has 1 atom stereocenters.